The standard InChI is InChI=1S/C14H16FNO3S2/c15-13-8-11(2-1-6-17)3-4-14(13)21(18,19)16-9-12-5-7-20-10-12/h3-4,8,12,16-17H,5-7,9-10H2. The predicted molar refractivity (Wildman–Crippen MR) is 81.0 cm³/mol. The Morgan fingerprint density at radius 3 is 2.90 bits per heavy atom. The van der Waals surface area contributed by atoms with E-state index in [9.17, 15) is 12.8 Å². The van der Waals surface area contributed by atoms with E-state index < -0.39 is 15.8 Å². The van der Waals surface area contributed by atoms with Gasteiger partial charge in [-0.2, -0.15) is 11.8 Å². The lowest BCUT2D eigenvalue weighted by atomic mass is 10.1. The Labute approximate surface area is 128 Å². The molecule has 1 aromatic rings. The van der Waals surface area contributed by atoms with Crippen LogP contribution >= 0.6 is 11.8 Å². The smallest absolute Gasteiger partial charge is 0.243 e. The fourth-order valence-corrected chi connectivity index (χ4v) is 4.45. The molecular weight excluding hydrogens is 313 g/mol. The highest BCUT2D eigenvalue weighted by Gasteiger charge is 2.22. The molecule has 1 unspecified atom stereocenters. The molecule has 1 atom stereocenters. The van der Waals surface area contributed by atoms with E-state index >= 15 is 0 Å². The van der Waals surface area contributed by atoms with Crippen LogP contribution in [-0.4, -0.2) is 38.2 Å². The Bertz CT molecular complexity index is 659. The molecule has 1 heterocycles. The minimum absolute atomic E-state index is 0.308. The van der Waals surface area contributed by atoms with E-state index in [1.54, 1.807) is 11.8 Å². The number of hydrogen-bond acceptors (Lipinski definition) is 4. The van der Waals surface area contributed by atoms with Crippen molar-refractivity contribution in [3.8, 4) is 11.8 Å². The number of rotatable bonds is 4. The van der Waals surface area contributed by atoms with Crippen LogP contribution in [-0.2, 0) is 10.0 Å². The molecule has 2 N–H and O–H groups in total. The Balaban J connectivity index is 2.11. The summed E-state index contributed by atoms with van der Waals surface area (Å²) in [5, 5.41) is 8.58. The van der Waals surface area contributed by atoms with Gasteiger partial charge in [-0.05, 0) is 42.0 Å². The molecule has 1 aromatic carbocycles. The normalized spacial score (nSPS) is 18.3. The van der Waals surface area contributed by atoms with Crippen LogP contribution < -0.4 is 4.72 Å². The summed E-state index contributed by atoms with van der Waals surface area (Å²) in [7, 11) is -3.85. The van der Waals surface area contributed by atoms with Crippen molar-refractivity contribution in [3.63, 3.8) is 0 Å². The minimum atomic E-state index is -3.85. The van der Waals surface area contributed by atoms with Gasteiger partial charge in [0, 0.05) is 12.1 Å². The first-order valence-electron chi connectivity index (χ1n) is 6.49. The third-order valence-electron chi connectivity index (χ3n) is 3.12. The van der Waals surface area contributed by atoms with Crippen molar-refractivity contribution >= 4 is 21.8 Å². The SMILES string of the molecule is O=S(=O)(NCC1CCSC1)c1ccc(C#CCO)cc1F. The molecule has 1 fully saturated rings. The third-order valence-corrected chi connectivity index (χ3v) is 5.81. The van der Waals surface area contributed by atoms with Gasteiger partial charge in [0.15, 0.2) is 0 Å². The quantitative estimate of drug-likeness (QED) is 0.815. The lowest BCUT2D eigenvalue weighted by Gasteiger charge is -2.11. The zero-order valence-corrected chi connectivity index (χ0v) is 12.9. The van der Waals surface area contributed by atoms with Gasteiger partial charge in [0.25, 0.3) is 0 Å². The number of thioether (sulfide) groups is 1. The van der Waals surface area contributed by atoms with Crippen molar-refractivity contribution in [2.75, 3.05) is 24.7 Å². The number of benzene rings is 1. The van der Waals surface area contributed by atoms with Gasteiger partial charge in [0.2, 0.25) is 10.0 Å². The minimum Gasteiger partial charge on any atom is -0.384 e. The maximum absolute atomic E-state index is 13.9. The molecule has 0 aromatic heterocycles. The summed E-state index contributed by atoms with van der Waals surface area (Å²) in [6.07, 6.45) is 0.978. The largest absolute Gasteiger partial charge is 0.384 e. The first-order chi connectivity index (χ1) is 10.0. The highest BCUT2D eigenvalue weighted by Crippen LogP contribution is 2.23. The van der Waals surface area contributed by atoms with Crippen molar-refractivity contribution in [2.45, 2.75) is 11.3 Å². The summed E-state index contributed by atoms with van der Waals surface area (Å²) in [6, 6.07) is 3.68. The molecule has 1 aliphatic rings. The summed E-state index contributed by atoms with van der Waals surface area (Å²) in [5.41, 5.74) is 0.327. The molecule has 7 heteroatoms. The molecular formula is C14H16FNO3S2. The second-order valence-electron chi connectivity index (χ2n) is 4.69. The summed E-state index contributed by atoms with van der Waals surface area (Å²) in [4.78, 5) is -0.373. The lowest BCUT2D eigenvalue weighted by Crippen LogP contribution is -2.30. The Morgan fingerprint density at radius 1 is 1.48 bits per heavy atom. The van der Waals surface area contributed by atoms with Gasteiger partial charge in [0.05, 0.1) is 0 Å². The molecule has 0 radical (unpaired) electrons. The molecule has 0 spiro atoms. The van der Waals surface area contributed by atoms with Gasteiger partial charge in [-0.25, -0.2) is 17.5 Å². The third kappa shape index (κ3) is 4.45. The fourth-order valence-electron chi connectivity index (χ4n) is 1.99. The molecule has 0 saturated carbocycles. The van der Waals surface area contributed by atoms with Crippen LogP contribution in [0.3, 0.4) is 0 Å². The predicted octanol–water partition coefficient (Wildman–Crippen LogP) is 1.20. The number of aliphatic hydroxyl groups is 1. The molecule has 0 amide bonds. The maximum Gasteiger partial charge on any atom is 0.243 e. The zero-order chi connectivity index (χ0) is 15.3. The average molecular weight is 329 g/mol. The van der Waals surface area contributed by atoms with Crippen molar-refractivity contribution in [2.24, 2.45) is 5.92 Å². The number of sulfonamides is 1. The highest BCUT2D eigenvalue weighted by atomic mass is 32.2. The van der Waals surface area contributed by atoms with E-state index in [0.29, 0.717) is 18.0 Å². The summed E-state index contributed by atoms with van der Waals surface area (Å²) in [5.74, 6) is 6.36. The molecule has 0 aliphatic carbocycles. The van der Waals surface area contributed by atoms with Gasteiger partial charge in [-0.1, -0.05) is 11.8 Å². The monoisotopic (exact) mass is 329 g/mol. The zero-order valence-electron chi connectivity index (χ0n) is 11.3. The molecule has 0 bridgehead atoms. The van der Waals surface area contributed by atoms with E-state index in [1.165, 1.54) is 12.1 Å². The van der Waals surface area contributed by atoms with Crippen LogP contribution in [0.5, 0.6) is 0 Å². The van der Waals surface area contributed by atoms with Gasteiger partial charge >= 0.3 is 0 Å². The fraction of sp³-hybridized carbons (Fsp3) is 0.429. The van der Waals surface area contributed by atoms with Crippen LogP contribution in [0.4, 0.5) is 4.39 Å². The van der Waals surface area contributed by atoms with Gasteiger partial charge in [0.1, 0.15) is 17.3 Å². The Hall–Kier alpha value is -1.07. The van der Waals surface area contributed by atoms with Crippen LogP contribution in [0.25, 0.3) is 0 Å². The van der Waals surface area contributed by atoms with Gasteiger partial charge in [-0.3, -0.25) is 0 Å². The lowest BCUT2D eigenvalue weighted by molar-refractivity contribution is 0.350. The van der Waals surface area contributed by atoms with Crippen LogP contribution in [0, 0.1) is 23.6 Å². The second kappa shape index (κ2) is 7.27. The van der Waals surface area contributed by atoms with Crippen molar-refractivity contribution in [1.29, 1.82) is 0 Å². The van der Waals surface area contributed by atoms with Crippen LogP contribution in [0.2, 0.25) is 0 Å². The molecule has 21 heavy (non-hydrogen) atoms. The first kappa shape index (κ1) is 16.3. The second-order valence-corrected chi connectivity index (χ2v) is 7.57. The van der Waals surface area contributed by atoms with Crippen molar-refractivity contribution < 1.29 is 17.9 Å². The number of nitrogens with one attached hydrogen (secondary N) is 1. The molecule has 2 rings (SSSR count). The van der Waals surface area contributed by atoms with E-state index in [4.69, 9.17) is 5.11 Å². The number of halogens is 1. The molecule has 114 valence electrons. The number of aliphatic hydroxyl groups excluding tert-OH is 1. The van der Waals surface area contributed by atoms with E-state index in [0.717, 1.165) is 24.0 Å². The van der Waals surface area contributed by atoms with Crippen molar-refractivity contribution in [3.05, 3.63) is 29.6 Å². The maximum atomic E-state index is 13.9. The number of hydrogen-bond donors (Lipinski definition) is 2. The van der Waals surface area contributed by atoms with E-state index in [1.807, 2.05) is 0 Å². The van der Waals surface area contributed by atoms with Gasteiger partial charge < -0.3 is 5.11 Å². The van der Waals surface area contributed by atoms with Crippen molar-refractivity contribution in [1.82, 2.24) is 4.72 Å². The van der Waals surface area contributed by atoms with Crippen LogP contribution in [0.1, 0.15) is 12.0 Å². The molecule has 4 nitrogen and oxygen atoms in total. The molecule has 1 saturated heterocycles. The summed E-state index contributed by atoms with van der Waals surface area (Å²) >= 11 is 1.80. The topological polar surface area (TPSA) is 66.4 Å². The van der Waals surface area contributed by atoms with E-state index in [-0.39, 0.29) is 11.5 Å². The summed E-state index contributed by atoms with van der Waals surface area (Å²) in [6.45, 7) is 0.00344. The molecule has 1 aliphatic heterocycles. The first-order valence-corrected chi connectivity index (χ1v) is 9.13. The van der Waals surface area contributed by atoms with Crippen LogP contribution in [0.15, 0.2) is 23.1 Å². The highest BCUT2D eigenvalue weighted by molar-refractivity contribution is 7.99. The average Bonchev–Trinajstić information content (AvgIpc) is 2.96. The Morgan fingerprint density at radius 2 is 2.29 bits per heavy atom. The van der Waals surface area contributed by atoms with E-state index in [2.05, 4.69) is 16.6 Å². The van der Waals surface area contributed by atoms with Gasteiger partial charge in [-0.15, -0.1) is 0 Å². The summed E-state index contributed by atoms with van der Waals surface area (Å²) < 4.78 is 40.6. The Kier molecular flexibility index (Phi) is 5.65.